The molecule has 0 aliphatic carbocycles. The van der Waals surface area contributed by atoms with Crippen molar-refractivity contribution < 1.29 is 22.1 Å². The van der Waals surface area contributed by atoms with Crippen LogP contribution >= 0.6 is 0 Å². The van der Waals surface area contributed by atoms with E-state index in [9.17, 15) is 17.6 Å². The number of nitrogens with zero attached hydrogens (tertiary/aromatic N) is 2. The minimum Gasteiger partial charge on any atom is -0.337 e. The number of rotatable bonds is 5. The van der Waals surface area contributed by atoms with Crippen molar-refractivity contribution in [1.29, 1.82) is 0 Å². The molecule has 0 spiro atoms. The third-order valence-electron chi connectivity index (χ3n) is 4.48. The molecule has 0 unspecified atom stereocenters. The normalized spacial score (nSPS) is 14.1. The van der Waals surface area contributed by atoms with Crippen LogP contribution in [0.5, 0.6) is 0 Å². The largest absolute Gasteiger partial charge is 0.416 e. The number of aryl methyl sites for hydroxylation is 1. The van der Waals surface area contributed by atoms with Crippen molar-refractivity contribution in [3.8, 4) is 11.4 Å². The SMILES string of the molecule is Cc1ccc(-c2noc([C@H](C)N[C@@H](C)c3ccc(C(F)(F)F)cc3)n2)cc1F. The standard InChI is InChI=1S/C20H19F4N3O/c1-11-4-5-15(10-17(11)21)18-26-19(28-27-18)13(3)25-12(2)14-6-8-16(9-7-14)20(22,23)24/h4-10,12-13,25H,1-3H3/t12-,13-/m0/s1. The summed E-state index contributed by atoms with van der Waals surface area (Å²) >= 11 is 0. The molecule has 8 heteroatoms. The van der Waals surface area contributed by atoms with Crippen LogP contribution in [0.25, 0.3) is 11.4 Å². The van der Waals surface area contributed by atoms with Crippen LogP contribution in [0.2, 0.25) is 0 Å². The van der Waals surface area contributed by atoms with Crippen LogP contribution in [0.4, 0.5) is 17.6 Å². The zero-order valence-corrected chi connectivity index (χ0v) is 15.5. The number of nitrogens with one attached hydrogen (secondary N) is 1. The Hall–Kier alpha value is -2.74. The van der Waals surface area contributed by atoms with E-state index in [4.69, 9.17) is 4.52 Å². The van der Waals surface area contributed by atoms with Gasteiger partial charge in [0.2, 0.25) is 11.7 Å². The lowest BCUT2D eigenvalue weighted by Crippen LogP contribution is -2.22. The van der Waals surface area contributed by atoms with Crippen molar-refractivity contribution in [1.82, 2.24) is 15.5 Å². The molecule has 3 rings (SSSR count). The number of alkyl halides is 3. The summed E-state index contributed by atoms with van der Waals surface area (Å²) in [6.07, 6.45) is -4.36. The summed E-state index contributed by atoms with van der Waals surface area (Å²) in [4.78, 5) is 4.29. The Morgan fingerprint density at radius 1 is 1.00 bits per heavy atom. The van der Waals surface area contributed by atoms with E-state index in [1.54, 1.807) is 26.0 Å². The highest BCUT2D eigenvalue weighted by atomic mass is 19.4. The Kier molecular flexibility index (Phi) is 5.51. The van der Waals surface area contributed by atoms with Crippen molar-refractivity contribution in [2.45, 2.75) is 39.0 Å². The topological polar surface area (TPSA) is 51.0 Å². The van der Waals surface area contributed by atoms with Crippen molar-refractivity contribution in [3.05, 3.63) is 70.9 Å². The van der Waals surface area contributed by atoms with Crippen molar-refractivity contribution in [2.75, 3.05) is 0 Å². The van der Waals surface area contributed by atoms with E-state index >= 15 is 0 Å². The van der Waals surface area contributed by atoms with Gasteiger partial charge >= 0.3 is 6.18 Å². The van der Waals surface area contributed by atoms with Gasteiger partial charge in [-0.3, -0.25) is 5.32 Å². The highest BCUT2D eigenvalue weighted by Crippen LogP contribution is 2.30. The lowest BCUT2D eigenvalue weighted by Gasteiger charge is -2.18. The van der Waals surface area contributed by atoms with E-state index in [0.717, 1.165) is 12.1 Å². The lowest BCUT2D eigenvalue weighted by atomic mass is 10.1. The van der Waals surface area contributed by atoms with Gasteiger partial charge in [-0.05, 0) is 50.1 Å². The summed E-state index contributed by atoms with van der Waals surface area (Å²) in [6, 6.07) is 9.04. The Balaban J connectivity index is 1.70. The first-order valence-corrected chi connectivity index (χ1v) is 8.68. The second-order valence-electron chi connectivity index (χ2n) is 6.65. The van der Waals surface area contributed by atoms with Gasteiger partial charge in [-0.15, -0.1) is 0 Å². The minimum absolute atomic E-state index is 0.246. The first-order chi connectivity index (χ1) is 13.1. The average molecular weight is 393 g/mol. The molecule has 0 saturated heterocycles. The fraction of sp³-hybridized carbons (Fsp3) is 0.300. The minimum atomic E-state index is -4.36. The summed E-state index contributed by atoms with van der Waals surface area (Å²) in [5, 5.41) is 7.08. The van der Waals surface area contributed by atoms with Crippen LogP contribution in [-0.2, 0) is 6.18 Å². The predicted molar refractivity (Wildman–Crippen MR) is 95.8 cm³/mol. The van der Waals surface area contributed by atoms with E-state index in [2.05, 4.69) is 15.5 Å². The molecule has 0 bridgehead atoms. The van der Waals surface area contributed by atoms with Crippen molar-refractivity contribution >= 4 is 0 Å². The van der Waals surface area contributed by atoms with Gasteiger partial charge in [0, 0.05) is 11.6 Å². The fourth-order valence-corrected chi connectivity index (χ4v) is 2.76. The van der Waals surface area contributed by atoms with Gasteiger partial charge in [0.05, 0.1) is 11.6 Å². The van der Waals surface area contributed by atoms with Gasteiger partial charge in [0.15, 0.2) is 0 Å². The van der Waals surface area contributed by atoms with E-state index < -0.39 is 11.7 Å². The van der Waals surface area contributed by atoms with E-state index in [0.29, 0.717) is 22.6 Å². The fourth-order valence-electron chi connectivity index (χ4n) is 2.76. The van der Waals surface area contributed by atoms with Crippen LogP contribution in [0, 0.1) is 12.7 Å². The molecule has 0 aliphatic rings. The molecule has 28 heavy (non-hydrogen) atoms. The lowest BCUT2D eigenvalue weighted by molar-refractivity contribution is -0.137. The molecule has 4 nitrogen and oxygen atoms in total. The molecular weight excluding hydrogens is 374 g/mol. The third-order valence-corrected chi connectivity index (χ3v) is 4.48. The Morgan fingerprint density at radius 3 is 2.29 bits per heavy atom. The van der Waals surface area contributed by atoms with Gasteiger partial charge in [-0.1, -0.05) is 29.4 Å². The number of hydrogen-bond donors (Lipinski definition) is 1. The average Bonchev–Trinajstić information content (AvgIpc) is 3.13. The van der Waals surface area contributed by atoms with Gasteiger partial charge < -0.3 is 4.52 Å². The second-order valence-corrected chi connectivity index (χ2v) is 6.65. The molecule has 1 heterocycles. The Labute approximate surface area is 159 Å². The first-order valence-electron chi connectivity index (χ1n) is 8.68. The third kappa shape index (κ3) is 4.39. The molecule has 1 aromatic heterocycles. The molecule has 0 fully saturated rings. The number of benzene rings is 2. The van der Waals surface area contributed by atoms with Crippen LogP contribution in [0.1, 0.15) is 48.5 Å². The van der Waals surface area contributed by atoms with Gasteiger partial charge in [0.25, 0.3) is 0 Å². The highest BCUT2D eigenvalue weighted by molar-refractivity contribution is 5.55. The maximum absolute atomic E-state index is 13.7. The Bertz CT molecular complexity index is 951. The molecule has 0 saturated carbocycles. The molecule has 0 radical (unpaired) electrons. The monoisotopic (exact) mass is 393 g/mol. The molecule has 0 aliphatic heterocycles. The summed E-state index contributed by atoms with van der Waals surface area (Å²) in [5.41, 5.74) is 1.03. The van der Waals surface area contributed by atoms with E-state index in [1.165, 1.54) is 18.2 Å². The predicted octanol–water partition coefficient (Wildman–Crippen LogP) is 5.61. The van der Waals surface area contributed by atoms with Crippen LogP contribution in [0.15, 0.2) is 47.0 Å². The zero-order valence-electron chi connectivity index (χ0n) is 15.5. The van der Waals surface area contributed by atoms with E-state index in [-0.39, 0.29) is 23.7 Å². The van der Waals surface area contributed by atoms with E-state index in [1.807, 2.05) is 6.92 Å². The molecule has 2 atom stereocenters. The van der Waals surface area contributed by atoms with Gasteiger partial charge in [-0.25, -0.2) is 4.39 Å². The first kappa shape index (κ1) is 20.0. The number of halogens is 4. The molecule has 1 N–H and O–H groups in total. The summed E-state index contributed by atoms with van der Waals surface area (Å²) in [6.45, 7) is 5.29. The molecule has 148 valence electrons. The molecule has 0 amide bonds. The highest BCUT2D eigenvalue weighted by Gasteiger charge is 2.30. The van der Waals surface area contributed by atoms with Crippen molar-refractivity contribution in [3.63, 3.8) is 0 Å². The molecule has 3 aromatic rings. The number of hydrogen-bond acceptors (Lipinski definition) is 4. The Morgan fingerprint density at radius 2 is 1.68 bits per heavy atom. The van der Waals surface area contributed by atoms with Crippen LogP contribution in [-0.4, -0.2) is 10.1 Å². The quantitative estimate of drug-likeness (QED) is 0.572. The number of aromatic nitrogens is 2. The van der Waals surface area contributed by atoms with Gasteiger partial charge in [-0.2, -0.15) is 18.2 Å². The summed E-state index contributed by atoms with van der Waals surface area (Å²) in [7, 11) is 0. The smallest absolute Gasteiger partial charge is 0.337 e. The zero-order chi connectivity index (χ0) is 20.5. The van der Waals surface area contributed by atoms with Gasteiger partial charge in [0.1, 0.15) is 5.82 Å². The van der Waals surface area contributed by atoms with Crippen LogP contribution < -0.4 is 5.32 Å². The molecular formula is C20H19F4N3O. The molecule has 2 aromatic carbocycles. The maximum atomic E-state index is 13.7. The maximum Gasteiger partial charge on any atom is 0.416 e. The summed E-state index contributed by atoms with van der Waals surface area (Å²) < 4.78 is 57.0. The van der Waals surface area contributed by atoms with Crippen molar-refractivity contribution in [2.24, 2.45) is 0 Å². The van der Waals surface area contributed by atoms with Crippen LogP contribution in [0.3, 0.4) is 0 Å². The summed E-state index contributed by atoms with van der Waals surface area (Å²) in [5.74, 6) is 0.213. The second kappa shape index (κ2) is 7.71.